The number of rotatable bonds is 4. The Hall–Kier alpha value is -3.40. The molecule has 1 N–H and O–H groups in total. The van der Waals surface area contributed by atoms with Crippen LogP contribution >= 0.6 is 0 Å². The lowest BCUT2D eigenvalue weighted by Crippen LogP contribution is -2.14. The highest BCUT2D eigenvalue weighted by molar-refractivity contribution is 6.08. The summed E-state index contributed by atoms with van der Waals surface area (Å²) in [6.45, 7) is 2.62. The Morgan fingerprint density at radius 2 is 1.69 bits per heavy atom. The summed E-state index contributed by atoms with van der Waals surface area (Å²) in [5, 5.41) is 5.12. The minimum atomic E-state index is -0.189. The highest BCUT2D eigenvalue weighted by Crippen LogP contribution is 2.23. The molecule has 0 atom stereocenters. The fourth-order valence-electron chi connectivity index (χ4n) is 3.12. The van der Waals surface area contributed by atoms with Crippen LogP contribution in [0.15, 0.2) is 79.1 Å². The average molecular weight is 341 g/mol. The maximum Gasteiger partial charge on any atom is 0.276 e. The van der Waals surface area contributed by atoms with Crippen LogP contribution in [0.25, 0.3) is 10.8 Å². The third-order valence-corrected chi connectivity index (χ3v) is 4.55. The third kappa shape index (κ3) is 3.09. The van der Waals surface area contributed by atoms with Gasteiger partial charge in [-0.15, -0.1) is 0 Å². The topological polar surface area (TPSA) is 46.9 Å². The Morgan fingerprint density at radius 1 is 0.962 bits per heavy atom. The first kappa shape index (κ1) is 16.1. The molecule has 1 aromatic heterocycles. The van der Waals surface area contributed by atoms with Crippen LogP contribution in [0.4, 0.5) is 5.69 Å². The average Bonchev–Trinajstić information content (AvgIpc) is 3.03. The van der Waals surface area contributed by atoms with E-state index in [0.717, 1.165) is 22.2 Å². The zero-order valence-electron chi connectivity index (χ0n) is 14.5. The molecule has 0 aliphatic carbocycles. The Kier molecular flexibility index (Phi) is 4.23. The predicted octanol–water partition coefficient (Wildman–Crippen LogP) is 4.65. The van der Waals surface area contributed by atoms with Crippen LogP contribution in [-0.2, 0) is 6.54 Å². The van der Waals surface area contributed by atoms with E-state index in [2.05, 4.69) is 22.4 Å². The summed E-state index contributed by atoms with van der Waals surface area (Å²) in [4.78, 5) is 17.1. The van der Waals surface area contributed by atoms with Gasteiger partial charge in [-0.1, -0.05) is 66.7 Å². The van der Waals surface area contributed by atoms with Crippen LogP contribution in [0.1, 0.15) is 21.7 Å². The molecule has 4 heteroatoms. The number of nitrogens with zero attached hydrogens (tertiary/aromatic N) is 2. The number of amides is 1. The van der Waals surface area contributed by atoms with Gasteiger partial charge in [0.1, 0.15) is 5.69 Å². The van der Waals surface area contributed by atoms with E-state index in [4.69, 9.17) is 0 Å². The van der Waals surface area contributed by atoms with Gasteiger partial charge in [0, 0.05) is 23.3 Å². The predicted molar refractivity (Wildman–Crippen MR) is 104 cm³/mol. The molecule has 0 aliphatic heterocycles. The second kappa shape index (κ2) is 6.84. The molecule has 4 nitrogen and oxygen atoms in total. The molecule has 0 unspecified atom stereocenters. The van der Waals surface area contributed by atoms with Gasteiger partial charge in [0.15, 0.2) is 0 Å². The van der Waals surface area contributed by atoms with Crippen molar-refractivity contribution in [1.29, 1.82) is 0 Å². The van der Waals surface area contributed by atoms with Gasteiger partial charge in [-0.05, 0) is 23.9 Å². The van der Waals surface area contributed by atoms with Gasteiger partial charge in [-0.3, -0.25) is 4.79 Å². The van der Waals surface area contributed by atoms with E-state index < -0.39 is 0 Å². The van der Waals surface area contributed by atoms with E-state index in [1.54, 1.807) is 6.33 Å². The van der Waals surface area contributed by atoms with Crippen molar-refractivity contribution in [2.24, 2.45) is 0 Å². The fourth-order valence-corrected chi connectivity index (χ4v) is 3.12. The maximum absolute atomic E-state index is 12.8. The minimum absolute atomic E-state index is 0.189. The van der Waals surface area contributed by atoms with Crippen molar-refractivity contribution in [2.75, 3.05) is 5.32 Å². The third-order valence-electron chi connectivity index (χ3n) is 4.55. The number of aromatic nitrogens is 2. The molecule has 4 aromatic rings. The van der Waals surface area contributed by atoms with Crippen molar-refractivity contribution in [1.82, 2.24) is 9.55 Å². The fraction of sp³-hybridized carbons (Fsp3) is 0.0909. The molecule has 0 aliphatic rings. The van der Waals surface area contributed by atoms with E-state index in [9.17, 15) is 4.79 Å². The van der Waals surface area contributed by atoms with Crippen LogP contribution in [0, 0.1) is 6.92 Å². The van der Waals surface area contributed by atoms with E-state index in [-0.39, 0.29) is 5.91 Å². The van der Waals surface area contributed by atoms with Gasteiger partial charge in [0.2, 0.25) is 0 Å². The normalized spacial score (nSPS) is 10.8. The Morgan fingerprint density at radius 3 is 2.54 bits per heavy atom. The van der Waals surface area contributed by atoms with Crippen molar-refractivity contribution in [3.05, 3.63) is 96.1 Å². The monoisotopic (exact) mass is 341 g/mol. The number of anilines is 1. The lowest BCUT2D eigenvalue weighted by atomic mass is 10.1. The maximum atomic E-state index is 12.8. The van der Waals surface area contributed by atoms with Crippen LogP contribution in [-0.4, -0.2) is 15.5 Å². The van der Waals surface area contributed by atoms with E-state index >= 15 is 0 Å². The van der Waals surface area contributed by atoms with Crippen LogP contribution in [0.2, 0.25) is 0 Å². The van der Waals surface area contributed by atoms with Gasteiger partial charge in [-0.2, -0.15) is 0 Å². The number of hydrogen-bond donors (Lipinski definition) is 1. The zero-order chi connectivity index (χ0) is 17.9. The summed E-state index contributed by atoms with van der Waals surface area (Å²) in [5.74, 6) is -0.189. The standard InChI is InChI=1S/C22H19N3O/c1-16-21(23-15-25(16)14-17-8-3-2-4-9-17)22(26)24-20-13-7-11-18-10-5-6-12-19(18)20/h2-13,15H,14H2,1H3,(H,24,26). The molecule has 0 saturated heterocycles. The molecule has 128 valence electrons. The van der Waals surface area contributed by atoms with Crippen molar-refractivity contribution in [3.8, 4) is 0 Å². The lowest BCUT2D eigenvalue weighted by molar-refractivity contribution is 0.102. The number of carbonyl (C=O) groups excluding carboxylic acids is 1. The Labute approximate surface area is 152 Å². The van der Waals surface area contributed by atoms with Gasteiger partial charge in [0.25, 0.3) is 5.91 Å². The van der Waals surface area contributed by atoms with Gasteiger partial charge in [-0.25, -0.2) is 4.98 Å². The minimum Gasteiger partial charge on any atom is -0.330 e. The van der Waals surface area contributed by atoms with E-state index in [0.29, 0.717) is 12.2 Å². The number of nitrogens with one attached hydrogen (secondary N) is 1. The first-order valence-electron chi connectivity index (χ1n) is 8.57. The molecule has 3 aromatic carbocycles. The van der Waals surface area contributed by atoms with Crippen molar-refractivity contribution in [2.45, 2.75) is 13.5 Å². The summed E-state index contributed by atoms with van der Waals surface area (Å²) >= 11 is 0. The van der Waals surface area contributed by atoms with Crippen molar-refractivity contribution >= 4 is 22.4 Å². The summed E-state index contributed by atoms with van der Waals surface area (Å²) in [7, 11) is 0. The molecule has 0 saturated carbocycles. The molecule has 0 spiro atoms. The van der Waals surface area contributed by atoms with Crippen LogP contribution in [0.5, 0.6) is 0 Å². The Balaban J connectivity index is 1.59. The van der Waals surface area contributed by atoms with Gasteiger partial charge in [0.05, 0.1) is 6.33 Å². The van der Waals surface area contributed by atoms with Crippen LogP contribution in [0.3, 0.4) is 0 Å². The first-order chi connectivity index (χ1) is 12.7. The summed E-state index contributed by atoms with van der Waals surface area (Å²) < 4.78 is 1.99. The molecule has 26 heavy (non-hydrogen) atoms. The number of hydrogen-bond acceptors (Lipinski definition) is 2. The summed E-state index contributed by atoms with van der Waals surface area (Å²) in [6.07, 6.45) is 1.72. The molecular formula is C22H19N3O. The highest BCUT2D eigenvalue weighted by Gasteiger charge is 2.16. The van der Waals surface area contributed by atoms with Crippen molar-refractivity contribution < 1.29 is 4.79 Å². The number of carbonyl (C=O) groups is 1. The molecule has 0 bridgehead atoms. The second-order valence-corrected chi connectivity index (χ2v) is 6.27. The molecule has 4 rings (SSSR count). The van der Waals surface area contributed by atoms with E-state index in [1.165, 1.54) is 5.56 Å². The summed E-state index contributed by atoms with van der Waals surface area (Å²) in [5.41, 5.74) is 3.28. The SMILES string of the molecule is Cc1c(C(=O)Nc2cccc3ccccc23)ncn1Cc1ccccc1. The largest absolute Gasteiger partial charge is 0.330 e. The Bertz CT molecular complexity index is 1060. The van der Waals surface area contributed by atoms with Crippen LogP contribution < -0.4 is 5.32 Å². The lowest BCUT2D eigenvalue weighted by Gasteiger charge is -2.09. The number of fused-ring (bicyclic) bond motifs is 1. The molecule has 0 radical (unpaired) electrons. The highest BCUT2D eigenvalue weighted by atomic mass is 16.1. The van der Waals surface area contributed by atoms with Gasteiger partial charge < -0.3 is 9.88 Å². The second-order valence-electron chi connectivity index (χ2n) is 6.27. The van der Waals surface area contributed by atoms with Gasteiger partial charge >= 0.3 is 0 Å². The van der Waals surface area contributed by atoms with E-state index in [1.807, 2.05) is 72.2 Å². The quantitative estimate of drug-likeness (QED) is 0.587. The van der Waals surface area contributed by atoms with Crippen molar-refractivity contribution in [3.63, 3.8) is 0 Å². The first-order valence-corrected chi connectivity index (χ1v) is 8.57. The number of imidazole rings is 1. The molecule has 1 heterocycles. The summed E-state index contributed by atoms with van der Waals surface area (Å²) in [6, 6.07) is 24.0. The smallest absolute Gasteiger partial charge is 0.276 e. The zero-order valence-corrected chi connectivity index (χ0v) is 14.5. The molecule has 0 fully saturated rings. The number of benzene rings is 3. The molecule has 1 amide bonds. The molecular weight excluding hydrogens is 322 g/mol.